The molecule has 0 unspecified atom stereocenters. The topological polar surface area (TPSA) is 79.8 Å². The summed E-state index contributed by atoms with van der Waals surface area (Å²) in [6.07, 6.45) is 1.02. The molecule has 1 saturated carbocycles. The van der Waals surface area contributed by atoms with E-state index in [0.717, 1.165) is 11.1 Å². The minimum Gasteiger partial charge on any atom is -0.368 e. The monoisotopic (exact) mass is 407 g/mol. The lowest BCUT2D eigenvalue weighted by Crippen LogP contribution is -2.49. The minimum absolute atomic E-state index is 0.0630. The molecule has 1 aliphatic heterocycles. The van der Waals surface area contributed by atoms with Gasteiger partial charge in [0, 0.05) is 35.8 Å². The van der Waals surface area contributed by atoms with Crippen LogP contribution in [-0.2, 0) is 12.0 Å². The maximum atomic E-state index is 14.3. The quantitative estimate of drug-likeness (QED) is 0.678. The average Bonchev–Trinajstić information content (AvgIpc) is 3.11. The summed E-state index contributed by atoms with van der Waals surface area (Å²) in [6, 6.07) is 12.1. The number of nitrogens with zero attached hydrogens (tertiary/aromatic N) is 3. The fourth-order valence-corrected chi connectivity index (χ4v) is 4.22. The van der Waals surface area contributed by atoms with Crippen molar-refractivity contribution >= 4 is 11.7 Å². The number of carbonyl (C=O) groups excluding carboxylic acids is 1. The number of aromatic nitrogens is 3. The molecule has 152 valence electrons. The highest BCUT2D eigenvalue weighted by Gasteiger charge is 2.48. The molecule has 1 aliphatic carbocycles. The van der Waals surface area contributed by atoms with Crippen molar-refractivity contribution < 1.29 is 13.6 Å². The molecule has 0 atom stereocenters. The van der Waals surface area contributed by atoms with Crippen molar-refractivity contribution in [1.82, 2.24) is 20.5 Å². The Morgan fingerprint density at radius 2 is 2.03 bits per heavy atom. The van der Waals surface area contributed by atoms with Crippen LogP contribution in [0, 0.1) is 5.82 Å². The summed E-state index contributed by atoms with van der Waals surface area (Å²) in [5.41, 5.74) is 2.77. The molecule has 8 heteroatoms. The number of anilines is 1. The molecule has 30 heavy (non-hydrogen) atoms. The molecule has 3 aromatic rings. The zero-order valence-electron chi connectivity index (χ0n) is 16.0. The number of alkyl halides is 1. The summed E-state index contributed by atoms with van der Waals surface area (Å²) in [6.45, 7) is 0.832. The van der Waals surface area contributed by atoms with Crippen molar-refractivity contribution in [1.29, 1.82) is 0 Å². The minimum atomic E-state index is -0.956. The van der Waals surface area contributed by atoms with E-state index in [1.807, 2.05) is 18.2 Å². The number of amides is 1. The second-order valence-corrected chi connectivity index (χ2v) is 7.83. The molecule has 2 aromatic heterocycles. The van der Waals surface area contributed by atoms with E-state index < -0.39 is 17.4 Å². The number of halogens is 2. The maximum absolute atomic E-state index is 14.3. The van der Waals surface area contributed by atoms with Gasteiger partial charge in [-0.15, -0.1) is 10.2 Å². The fraction of sp³-hybridized carbons (Fsp3) is 0.273. The van der Waals surface area contributed by atoms with Crippen LogP contribution in [0.3, 0.4) is 0 Å². The highest BCUT2D eigenvalue weighted by Crippen LogP contribution is 2.45. The van der Waals surface area contributed by atoms with Crippen molar-refractivity contribution in [2.24, 2.45) is 0 Å². The molecule has 3 heterocycles. The van der Waals surface area contributed by atoms with Gasteiger partial charge in [0.05, 0.1) is 11.4 Å². The van der Waals surface area contributed by atoms with Crippen LogP contribution >= 0.6 is 0 Å². The average molecular weight is 407 g/mol. The number of pyridine rings is 1. The van der Waals surface area contributed by atoms with Crippen LogP contribution in [0.5, 0.6) is 0 Å². The van der Waals surface area contributed by atoms with Crippen LogP contribution in [0.1, 0.15) is 34.5 Å². The molecule has 0 saturated heterocycles. The third-order valence-electron chi connectivity index (χ3n) is 5.84. The number of rotatable bonds is 5. The Bertz CT molecular complexity index is 1110. The van der Waals surface area contributed by atoms with Crippen molar-refractivity contribution in [2.75, 3.05) is 11.9 Å². The maximum Gasteiger partial charge on any atom is 0.251 e. The lowest BCUT2D eigenvalue weighted by Gasteiger charge is -2.44. The number of fused-ring (bicyclic) bond motifs is 1. The molecule has 0 bridgehead atoms. The van der Waals surface area contributed by atoms with E-state index in [0.29, 0.717) is 30.2 Å². The van der Waals surface area contributed by atoms with Crippen LogP contribution in [0.4, 0.5) is 14.6 Å². The summed E-state index contributed by atoms with van der Waals surface area (Å²) >= 11 is 0. The molecule has 0 radical (unpaired) electrons. The van der Waals surface area contributed by atoms with Gasteiger partial charge in [0.1, 0.15) is 17.8 Å². The molecule has 5 rings (SSSR count). The number of carbonyl (C=O) groups is 1. The van der Waals surface area contributed by atoms with E-state index in [2.05, 4.69) is 25.8 Å². The second-order valence-electron chi connectivity index (χ2n) is 7.83. The first kappa shape index (κ1) is 18.6. The van der Waals surface area contributed by atoms with Gasteiger partial charge in [0.25, 0.3) is 5.91 Å². The summed E-state index contributed by atoms with van der Waals surface area (Å²) in [5.74, 6) is 0.0407. The van der Waals surface area contributed by atoms with Crippen LogP contribution in [-0.4, -0.2) is 33.8 Å². The van der Waals surface area contributed by atoms with Gasteiger partial charge in [-0.25, -0.2) is 8.78 Å². The number of hydrogen-bond acceptors (Lipinski definition) is 5. The van der Waals surface area contributed by atoms with E-state index >= 15 is 0 Å². The van der Waals surface area contributed by atoms with E-state index in [1.165, 1.54) is 18.3 Å². The highest BCUT2D eigenvalue weighted by atomic mass is 19.1. The first-order chi connectivity index (χ1) is 14.5. The predicted molar refractivity (Wildman–Crippen MR) is 107 cm³/mol. The Kier molecular flexibility index (Phi) is 4.42. The lowest BCUT2D eigenvalue weighted by atomic mass is 9.65. The summed E-state index contributed by atoms with van der Waals surface area (Å²) in [7, 11) is 0. The Balaban J connectivity index is 1.32. The smallest absolute Gasteiger partial charge is 0.251 e. The van der Waals surface area contributed by atoms with Crippen LogP contribution < -0.4 is 10.6 Å². The molecule has 1 fully saturated rings. The number of hydrogen-bond donors (Lipinski definition) is 2. The Morgan fingerprint density at radius 3 is 2.77 bits per heavy atom. The standard InChI is InChI=1S/C22H19F2N5O/c23-15-9-22(10-15,20-17(24)2-1-7-25-20)12-27-19-6-5-18(28-29-19)13-3-4-16-14(8-13)11-26-21(16)30/h1-8,15H,9-12H2,(H,26,30)(H,27,29)/t15-,22-. The van der Waals surface area contributed by atoms with Crippen molar-refractivity contribution in [3.8, 4) is 11.3 Å². The van der Waals surface area contributed by atoms with Gasteiger partial charge in [-0.2, -0.15) is 0 Å². The fourth-order valence-electron chi connectivity index (χ4n) is 4.22. The largest absolute Gasteiger partial charge is 0.368 e. The summed E-state index contributed by atoms with van der Waals surface area (Å²) < 4.78 is 27.9. The molecule has 0 spiro atoms. The van der Waals surface area contributed by atoms with Gasteiger partial charge in [0.15, 0.2) is 0 Å². The van der Waals surface area contributed by atoms with Gasteiger partial charge in [-0.3, -0.25) is 9.78 Å². The Hall–Kier alpha value is -3.42. The molecule has 2 aliphatic rings. The molecule has 2 N–H and O–H groups in total. The van der Waals surface area contributed by atoms with Gasteiger partial charge < -0.3 is 10.6 Å². The molecular formula is C22H19F2N5O. The van der Waals surface area contributed by atoms with E-state index in [-0.39, 0.29) is 24.4 Å². The van der Waals surface area contributed by atoms with Gasteiger partial charge in [0.2, 0.25) is 0 Å². The summed E-state index contributed by atoms with van der Waals surface area (Å²) in [4.78, 5) is 15.8. The van der Waals surface area contributed by atoms with Crippen LogP contribution in [0.25, 0.3) is 11.3 Å². The third-order valence-corrected chi connectivity index (χ3v) is 5.84. The Morgan fingerprint density at radius 1 is 1.17 bits per heavy atom. The zero-order valence-corrected chi connectivity index (χ0v) is 16.0. The SMILES string of the molecule is O=C1NCc2cc(-c3ccc(NC[C@]4(c5ncccc5F)C[C@H](F)C4)nn3)ccc21. The van der Waals surface area contributed by atoms with Crippen molar-refractivity contribution in [3.05, 3.63) is 71.3 Å². The third kappa shape index (κ3) is 3.18. The highest BCUT2D eigenvalue weighted by molar-refractivity contribution is 5.98. The first-order valence-corrected chi connectivity index (χ1v) is 9.78. The molecule has 6 nitrogen and oxygen atoms in total. The van der Waals surface area contributed by atoms with Gasteiger partial charge >= 0.3 is 0 Å². The first-order valence-electron chi connectivity index (χ1n) is 9.78. The Labute approximate surface area is 171 Å². The predicted octanol–water partition coefficient (Wildman–Crippen LogP) is 3.40. The normalized spacial score (nSPS) is 22.2. The molecule has 1 aromatic carbocycles. The van der Waals surface area contributed by atoms with Gasteiger partial charge in [-0.05, 0) is 54.8 Å². The molecule has 1 amide bonds. The van der Waals surface area contributed by atoms with E-state index in [1.54, 1.807) is 12.1 Å². The van der Waals surface area contributed by atoms with E-state index in [4.69, 9.17) is 0 Å². The number of nitrogens with one attached hydrogen (secondary N) is 2. The van der Waals surface area contributed by atoms with Crippen LogP contribution in [0.2, 0.25) is 0 Å². The van der Waals surface area contributed by atoms with Crippen LogP contribution in [0.15, 0.2) is 48.7 Å². The number of benzene rings is 1. The zero-order chi connectivity index (χ0) is 20.7. The molecular weight excluding hydrogens is 388 g/mol. The van der Waals surface area contributed by atoms with Crippen molar-refractivity contribution in [2.45, 2.75) is 31.0 Å². The van der Waals surface area contributed by atoms with Crippen molar-refractivity contribution in [3.63, 3.8) is 0 Å². The second kappa shape index (κ2) is 7.12. The summed E-state index contributed by atoms with van der Waals surface area (Å²) in [5, 5.41) is 14.4. The lowest BCUT2D eigenvalue weighted by molar-refractivity contribution is 0.0960. The van der Waals surface area contributed by atoms with E-state index in [9.17, 15) is 13.6 Å². The van der Waals surface area contributed by atoms with Gasteiger partial charge in [-0.1, -0.05) is 6.07 Å².